The molecule has 7 heteroatoms. The van der Waals surface area contributed by atoms with Gasteiger partial charge in [0, 0.05) is 18.0 Å². The number of hydrogen-bond acceptors (Lipinski definition) is 5. The fraction of sp³-hybridized carbons (Fsp3) is 0.714. The molecule has 1 aromatic heterocycles. The summed E-state index contributed by atoms with van der Waals surface area (Å²) in [6.07, 6.45) is 1.84. The maximum Gasteiger partial charge on any atom is 0.241 e. The first-order chi connectivity index (χ1) is 9.88. The maximum absolute atomic E-state index is 12.5. The monoisotopic (exact) mass is 333 g/mol. The Labute approximate surface area is 132 Å². The number of sulfonamides is 1. The number of hydrogen-bond donors (Lipinski definition) is 2. The van der Waals surface area contributed by atoms with E-state index in [0.717, 1.165) is 36.4 Å². The molecule has 0 bridgehead atoms. The molecule has 21 heavy (non-hydrogen) atoms. The van der Waals surface area contributed by atoms with E-state index in [2.05, 4.69) is 17.0 Å². The summed E-state index contributed by atoms with van der Waals surface area (Å²) < 4.78 is 27.6. The smallest absolute Gasteiger partial charge is 0.241 e. The van der Waals surface area contributed by atoms with E-state index in [4.69, 9.17) is 0 Å². The SMILES string of the molecule is CCCNCc1scc(C)c1S(=O)(=O)NCCCN(C)C. The quantitative estimate of drug-likeness (QED) is 0.641. The predicted molar refractivity (Wildman–Crippen MR) is 89.4 cm³/mol. The standard InChI is InChI=1S/C14H27N3O2S2/c1-5-7-15-10-13-14(12(2)11-20-13)21(18,19)16-8-6-9-17(3)4/h11,15-16H,5-10H2,1-4H3. The van der Waals surface area contributed by atoms with Crippen LogP contribution in [0.15, 0.2) is 10.3 Å². The van der Waals surface area contributed by atoms with Gasteiger partial charge >= 0.3 is 0 Å². The summed E-state index contributed by atoms with van der Waals surface area (Å²) in [6.45, 7) is 6.80. The summed E-state index contributed by atoms with van der Waals surface area (Å²) in [4.78, 5) is 3.39. The van der Waals surface area contributed by atoms with E-state index in [9.17, 15) is 8.42 Å². The van der Waals surface area contributed by atoms with E-state index in [1.807, 2.05) is 31.3 Å². The van der Waals surface area contributed by atoms with Crippen molar-refractivity contribution >= 4 is 21.4 Å². The first kappa shape index (κ1) is 18.6. The van der Waals surface area contributed by atoms with Crippen LogP contribution in [0.25, 0.3) is 0 Å². The lowest BCUT2D eigenvalue weighted by molar-refractivity contribution is 0.400. The normalized spacial score (nSPS) is 12.2. The van der Waals surface area contributed by atoms with Gasteiger partial charge in [-0.25, -0.2) is 13.1 Å². The topological polar surface area (TPSA) is 61.4 Å². The average Bonchev–Trinajstić information content (AvgIpc) is 2.77. The number of aryl methyl sites for hydroxylation is 1. The molecule has 0 atom stereocenters. The first-order valence-corrected chi connectivity index (χ1v) is 9.66. The van der Waals surface area contributed by atoms with Crippen molar-refractivity contribution in [2.45, 2.75) is 38.1 Å². The molecule has 0 radical (unpaired) electrons. The van der Waals surface area contributed by atoms with E-state index in [1.54, 1.807) is 0 Å². The van der Waals surface area contributed by atoms with Crippen molar-refractivity contribution in [3.63, 3.8) is 0 Å². The van der Waals surface area contributed by atoms with Crippen LogP contribution in [0.4, 0.5) is 0 Å². The van der Waals surface area contributed by atoms with E-state index in [0.29, 0.717) is 18.0 Å². The molecule has 0 aromatic carbocycles. The Bertz CT molecular complexity index is 524. The molecular weight excluding hydrogens is 306 g/mol. The minimum absolute atomic E-state index is 0.459. The van der Waals surface area contributed by atoms with Crippen molar-refractivity contribution in [2.24, 2.45) is 0 Å². The van der Waals surface area contributed by atoms with Gasteiger partial charge in [-0.15, -0.1) is 11.3 Å². The Morgan fingerprint density at radius 1 is 1.29 bits per heavy atom. The Morgan fingerprint density at radius 3 is 2.62 bits per heavy atom. The van der Waals surface area contributed by atoms with Gasteiger partial charge < -0.3 is 10.2 Å². The van der Waals surface area contributed by atoms with Crippen molar-refractivity contribution < 1.29 is 8.42 Å². The fourth-order valence-corrected chi connectivity index (χ4v) is 4.87. The Kier molecular flexibility index (Phi) is 7.83. The molecule has 122 valence electrons. The zero-order chi connectivity index (χ0) is 15.9. The second-order valence-corrected chi connectivity index (χ2v) is 8.07. The summed E-state index contributed by atoms with van der Waals surface area (Å²) in [5.41, 5.74) is 0.827. The van der Waals surface area contributed by atoms with Crippen LogP contribution >= 0.6 is 11.3 Å². The predicted octanol–water partition coefficient (Wildman–Crippen LogP) is 1.79. The third-order valence-electron chi connectivity index (χ3n) is 3.04. The molecule has 2 N–H and O–H groups in total. The van der Waals surface area contributed by atoms with Crippen LogP contribution in [0.3, 0.4) is 0 Å². The van der Waals surface area contributed by atoms with Gasteiger partial charge in [-0.3, -0.25) is 0 Å². The molecule has 0 saturated heterocycles. The van der Waals surface area contributed by atoms with Crippen LogP contribution in [-0.2, 0) is 16.6 Å². The molecule has 0 amide bonds. The van der Waals surface area contributed by atoms with E-state index < -0.39 is 10.0 Å². The van der Waals surface area contributed by atoms with Crippen molar-refractivity contribution in [1.29, 1.82) is 0 Å². The van der Waals surface area contributed by atoms with Gasteiger partial charge in [0.05, 0.1) is 0 Å². The van der Waals surface area contributed by atoms with Crippen molar-refractivity contribution in [3.8, 4) is 0 Å². The summed E-state index contributed by atoms with van der Waals surface area (Å²) in [6, 6.07) is 0. The molecule has 0 aliphatic heterocycles. The lowest BCUT2D eigenvalue weighted by Crippen LogP contribution is -2.28. The van der Waals surface area contributed by atoms with Gasteiger partial charge in [0.1, 0.15) is 4.90 Å². The van der Waals surface area contributed by atoms with Crippen molar-refractivity contribution in [3.05, 3.63) is 15.8 Å². The summed E-state index contributed by atoms with van der Waals surface area (Å²) in [5.74, 6) is 0. The number of rotatable bonds is 10. The Hall–Kier alpha value is -0.470. The molecule has 0 saturated carbocycles. The number of thiophene rings is 1. The van der Waals surface area contributed by atoms with Gasteiger partial charge in [0.15, 0.2) is 0 Å². The zero-order valence-corrected chi connectivity index (χ0v) is 15.0. The Balaban J connectivity index is 2.70. The van der Waals surface area contributed by atoms with Gasteiger partial charge in [0.25, 0.3) is 0 Å². The second-order valence-electron chi connectivity index (χ2n) is 5.40. The minimum atomic E-state index is -3.41. The highest BCUT2D eigenvalue weighted by Gasteiger charge is 2.22. The highest BCUT2D eigenvalue weighted by molar-refractivity contribution is 7.89. The molecule has 0 aliphatic rings. The molecular formula is C14H27N3O2S2. The molecule has 0 spiro atoms. The molecule has 0 fully saturated rings. The molecule has 0 aliphatic carbocycles. The van der Waals surface area contributed by atoms with E-state index in [-0.39, 0.29) is 0 Å². The van der Waals surface area contributed by atoms with Crippen LogP contribution in [0.2, 0.25) is 0 Å². The third-order valence-corrected chi connectivity index (χ3v) is 5.97. The molecule has 1 aromatic rings. The van der Waals surface area contributed by atoms with Crippen LogP contribution in [-0.4, -0.2) is 47.0 Å². The number of nitrogens with one attached hydrogen (secondary N) is 2. The molecule has 0 unspecified atom stereocenters. The van der Waals surface area contributed by atoms with Gasteiger partial charge in [-0.2, -0.15) is 0 Å². The van der Waals surface area contributed by atoms with Crippen LogP contribution < -0.4 is 10.0 Å². The highest BCUT2D eigenvalue weighted by atomic mass is 32.2. The van der Waals surface area contributed by atoms with Gasteiger partial charge in [-0.1, -0.05) is 6.92 Å². The lowest BCUT2D eigenvalue weighted by atomic mass is 10.3. The zero-order valence-electron chi connectivity index (χ0n) is 13.4. The van der Waals surface area contributed by atoms with Crippen LogP contribution in [0.1, 0.15) is 30.2 Å². The first-order valence-electron chi connectivity index (χ1n) is 7.30. The van der Waals surface area contributed by atoms with Crippen molar-refractivity contribution in [2.75, 3.05) is 33.7 Å². The van der Waals surface area contributed by atoms with Crippen LogP contribution in [0, 0.1) is 6.92 Å². The number of nitrogens with zero attached hydrogens (tertiary/aromatic N) is 1. The lowest BCUT2D eigenvalue weighted by Gasteiger charge is -2.12. The highest BCUT2D eigenvalue weighted by Crippen LogP contribution is 2.26. The van der Waals surface area contributed by atoms with E-state index in [1.165, 1.54) is 11.3 Å². The summed E-state index contributed by atoms with van der Waals surface area (Å²) >= 11 is 1.51. The fourth-order valence-electron chi connectivity index (χ4n) is 2.02. The minimum Gasteiger partial charge on any atom is -0.312 e. The van der Waals surface area contributed by atoms with Crippen LogP contribution in [0.5, 0.6) is 0 Å². The summed E-state index contributed by atoms with van der Waals surface area (Å²) in [7, 11) is 0.551. The largest absolute Gasteiger partial charge is 0.312 e. The maximum atomic E-state index is 12.5. The second kappa shape index (κ2) is 8.85. The molecule has 5 nitrogen and oxygen atoms in total. The molecule has 1 rings (SSSR count). The Morgan fingerprint density at radius 2 is 2.00 bits per heavy atom. The average molecular weight is 334 g/mol. The van der Waals surface area contributed by atoms with E-state index >= 15 is 0 Å². The third kappa shape index (κ3) is 6.04. The van der Waals surface area contributed by atoms with Gasteiger partial charge in [0.2, 0.25) is 10.0 Å². The van der Waals surface area contributed by atoms with Gasteiger partial charge in [-0.05, 0) is 57.9 Å². The molecule has 1 heterocycles. The van der Waals surface area contributed by atoms with Crippen molar-refractivity contribution in [1.82, 2.24) is 14.9 Å². The summed E-state index contributed by atoms with van der Waals surface area (Å²) in [5, 5.41) is 5.18.